The van der Waals surface area contributed by atoms with E-state index in [1.54, 1.807) is 36.8 Å². The number of pyridine rings is 2. The van der Waals surface area contributed by atoms with Crippen LogP contribution in [-0.4, -0.2) is 82.9 Å². The number of nitro benzene ring substituents is 1. The van der Waals surface area contributed by atoms with Gasteiger partial charge in [0, 0.05) is 67.8 Å². The number of nitro groups is 1. The molecule has 0 amide bonds. The molecule has 1 saturated heterocycles. The van der Waals surface area contributed by atoms with Crippen molar-refractivity contribution in [3.05, 3.63) is 127 Å². The number of piperazine rings is 1. The summed E-state index contributed by atoms with van der Waals surface area (Å²) >= 11 is 0. The van der Waals surface area contributed by atoms with Crippen LogP contribution < -0.4 is 10.3 Å². The van der Waals surface area contributed by atoms with Gasteiger partial charge in [0.25, 0.3) is 21.3 Å². The van der Waals surface area contributed by atoms with Gasteiger partial charge in [-0.1, -0.05) is 37.3 Å². The number of carbonyl (C=O) groups is 1. The number of nitrogens with zero attached hydrogens (tertiary/aromatic N) is 6. The van der Waals surface area contributed by atoms with E-state index in [-0.39, 0.29) is 53.3 Å². The summed E-state index contributed by atoms with van der Waals surface area (Å²) in [4.78, 5) is 46.3. The molecule has 3 aliphatic heterocycles. The average molecular weight is 779 g/mol. The SMILES string of the molecule is CC[C@@]1(O)C(=O)OCc2c1cc1n(c2=O)Cc2c-1nc1ccccc1c2CN1CCN(/C(Cc2ccc(OC)cc2)=N\S(=O)(=O)c2ccc([N+](=O)[O-])cc2)CC1. The van der Waals surface area contributed by atoms with Crippen molar-refractivity contribution >= 4 is 38.4 Å². The molecule has 2 aromatic heterocycles. The lowest BCUT2D eigenvalue weighted by molar-refractivity contribution is -0.384. The van der Waals surface area contributed by atoms with Crippen molar-refractivity contribution in [2.75, 3.05) is 33.3 Å². The van der Waals surface area contributed by atoms with Gasteiger partial charge in [-0.3, -0.25) is 19.8 Å². The van der Waals surface area contributed by atoms with E-state index in [1.165, 1.54) is 12.1 Å². The summed E-state index contributed by atoms with van der Waals surface area (Å²) in [5.74, 6) is 0.230. The minimum atomic E-state index is -4.22. The number of methoxy groups -OCH3 is 1. The molecule has 288 valence electrons. The summed E-state index contributed by atoms with van der Waals surface area (Å²) in [6.45, 7) is 4.30. The van der Waals surface area contributed by atoms with Gasteiger partial charge in [-0.2, -0.15) is 8.42 Å². The van der Waals surface area contributed by atoms with Crippen molar-refractivity contribution in [1.82, 2.24) is 19.4 Å². The lowest BCUT2D eigenvalue weighted by Crippen LogP contribution is -2.49. The van der Waals surface area contributed by atoms with Crippen molar-refractivity contribution < 1.29 is 32.7 Å². The Bertz CT molecular complexity index is 2600. The number of benzene rings is 3. The Morgan fingerprint density at radius 1 is 1.02 bits per heavy atom. The summed E-state index contributed by atoms with van der Waals surface area (Å²) < 4.78 is 43.7. The number of cyclic esters (lactones) is 1. The van der Waals surface area contributed by atoms with Crippen LogP contribution in [0.2, 0.25) is 0 Å². The maximum atomic E-state index is 13.9. The van der Waals surface area contributed by atoms with Crippen molar-refractivity contribution in [2.45, 2.75) is 50.0 Å². The molecule has 0 aliphatic carbocycles. The van der Waals surface area contributed by atoms with E-state index in [4.69, 9.17) is 14.5 Å². The minimum Gasteiger partial charge on any atom is -0.497 e. The zero-order chi connectivity index (χ0) is 39.4. The van der Waals surface area contributed by atoms with Gasteiger partial charge in [-0.05, 0) is 53.9 Å². The molecule has 0 saturated carbocycles. The van der Waals surface area contributed by atoms with Crippen molar-refractivity contribution in [1.29, 1.82) is 0 Å². The molecule has 0 bridgehead atoms. The summed E-state index contributed by atoms with van der Waals surface area (Å²) in [6, 6.07) is 21.5. The summed E-state index contributed by atoms with van der Waals surface area (Å²) in [7, 11) is -2.65. The van der Waals surface area contributed by atoms with E-state index in [0.717, 1.165) is 39.7 Å². The van der Waals surface area contributed by atoms with Gasteiger partial charge in [-0.15, -0.1) is 4.40 Å². The molecule has 1 N–H and O–H groups in total. The monoisotopic (exact) mass is 778 g/mol. The van der Waals surface area contributed by atoms with Gasteiger partial charge < -0.3 is 24.0 Å². The number of amidine groups is 1. The van der Waals surface area contributed by atoms with E-state index in [2.05, 4.69) is 9.30 Å². The van der Waals surface area contributed by atoms with Gasteiger partial charge in [0.05, 0.1) is 45.9 Å². The minimum absolute atomic E-state index is 0.0481. The van der Waals surface area contributed by atoms with E-state index in [9.17, 15) is 33.2 Å². The number of aromatic nitrogens is 2. The third-order valence-electron chi connectivity index (χ3n) is 10.9. The van der Waals surface area contributed by atoms with Crippen LogP contribution in [-0.2, 0) is 51.3 Å². The number of fused-ring (bicyclic) bond motifs is 5. The first-order valence-electron chi connectivity index (χ1n) is 18.2. The Morgan fingerprint density at radius 2 is 1.73 bits per heavy atom. The Kier molecular flexibility index (Phi) is 9.42. The van der Waals surface area contributed by atoms with Crippen molar-refractivity contribution in [2.24, 2.45) is 4.40 Å². The molecule has 3 aromatic carbocycles. The highest BCUT2D eigenvalue weighted by atomic mass is 32.2. The molecule has 16 heteroatoms. The van der Waals surface area contributed by atoms with E-state index >= 15 is 0 Å². The molecule has 5 aromatic rings. The number of carbonyl (C=O) groups excluding carboxylic acids is 1. The molecule has 1 atom stereocenters. The maximum Gasteiger partial charge on any atom is 0.343 e. The topological polar surface area (TPSA) is 187 Å². The van der Waals surface area contributed by atoms with Gasteiger partial charge >= 0.3 is 5.97 Å². The molecular weight excluding hydrogens is 741 g/mol. The van der Waals surface area contributed by atoms with Gasteiger partial charge in [0.2, 0.25) is 0 Å². The van der Waals surface area contributed by atoms with E-state index < -0.39 is 26.5 Å². The zero-order valence-electron chi connectivity index (χ0n) is 30.7. The number of hydrogen-bond acceptors (Lipinski definition) is 11. The van der Waals surface area contributed by atoms with E-state index in [1.807, 2.05) is 41.3 Å². The molecule has 0 radical (unpaired) electrons. The summed E-state index contributed by atoms with van der Waals surface area (Å²) in [5.41, 5.74) is 2.66. The Hall–Kier alpha value is -5.97. The van der Waals surface area contributed by atoms with Crippen LogP contribution in [0.3, 0.4) is 0 Å². The number of rotatable bonds is 9. The quantitative estimate of drug-likeness (QED) is 0.0728. The molecule has 0 spiro atoms. The number of sulfonamides is 1. The normalized spacial score (nSPS) is 18.3. The molecule has 5 heterocycles. The molecule has 56 heavy (non-hydrogen) atoms. The zero-order valence-corrected chi connectivity index (χ0v) is 31.5. The van der Waals surface area contributed by atoms with Gasteiger partial charge in [0.1, 0.15) is 18.2 Å². The fourth-order valence-corrected chi connectivity index (χ4v) is 8.78. The number of para-hydroxylation sites is 1. The smallest absolute Gasteiger partial charge is 0.343 e. The largest absolute Gasteiger partial charge is 0.497 e. The van der Waals surface area contributed by atoms with Crippen LogP contribution in [0.1, 0.15) is 41.2 Å². The first kappa shape index (κ1) is 37.0. The first-order chi connectivity index (χ1) is 26.9. The molecule has 8 rings (SSSR count). The number of ether oxygens (including phenoxy) is 2. The predicted octanol–water partition coefficient (Wildman–Crippen LogP) is 4.14. The Balaban J connectivity index is 1.09. The van der Waals surface area contributed by atoms with E-state index in [0.29, 0.717) is 55.7 Å². The molecular formula is C40H38N6O9S. The number of hydrogen-bond donors (Lipinski definition) is 1. The second-order valence-corrected chi connectivity index (χ2v) is 15.7. The highest BCUT2D eigenvalue weighted by Crippen LogP contribution is 2.40. The van der Waals surface area contributed by atoms with Crippen LogP contribution in [0, 0.1) is 10.1 Å². The third-order valence-corrected chi connectivity index (χ3v) is 12.2. The summed E-state index contributed by atoms with van der Waals surface area (Å²) in [6.07, 6.45) is 0.270. The third kappa shape index (κ3) is 6.48. The van der Waals surface area contributed by atoms with Crippen LogP contribution in [0.25, 0.3) is 22.3 Å². The fourth-order valence-electron chi connectivity index (χ4n) is 7.74. The molecule has 1 fully saturated rings. The van der Waals surface area contributed by atoms with Crippen LogP contribution >= 0.6 is 0 Å². The standard InChI is InChI=1S/C40H38N6O9S/c1-3-40(49)33-21-35-37-31(23-45(35)38(47)32(33)24-55-39(40)48)30(29-6-4-5-7-34(29)41-37)22-43-16-18-44(19-17-43)36(20-25-8-12-27(54-2)13-9-25)42-56(52,53)28-14-10-26(11-15-28)46(50)51/h4-15,21,49H,3,16-20,22-24H2,1-2H3/b42-36-/t40-/m0/s1. The first-order valence-corrected chi connectivity index (χ1v) is 19.6. The highest BCUT2D eigenvalue weighted by Gasteiger charge is 2.45. The van der Waals surface area contributed by atoms with Gasteiger partial charge in [0.15, 0.2) is 5.60 Å². The molecule has 15 nitrogen and oxygen atoms in total. The number of non-ortho nitro benzene ring substituents is 1. The highest BCUT2D eigenvalue weighted by molar-refractivity contribution is 7.90. The maximum absolute atomic E-state index is 13.9. The predicted molar refractivity (Wildman–Crippen MR) is 206 cm³/mol. The van der Waals surface area contributed by atoms with Crippen molar-refractivity contribution in [3.63, 3.8) is 0 Å². The summed E-state index contributed by atoms with van der Waals surface area (Å²) in [5, 5.41) is 23.5. The number of aliphatic hydroxyl groups is 1. The molecule has 0 unspecified atom stereocenters. The van der Waals surface area contributed by atoms with Crippen LogP contribution in [0.5, 0.6) is 5.75 Å². The Morgan fingerprint density at radius 3 is 2.41 bits per heavy atom. The second-order valence-electron chi connectivity index (χ2n) is 14.1. The lowest BCUT2D eigenvalue weighted by atomic mass is 9.86. The number of esters is 1. The Labute approximate surface area is 321 Å². The van der Waals surface area contributed by atoms with Gasteiger partial charge in [-0.25, -0.2) is 9.78 Å². The average Bonchev–Trinajstić information content (AvgIpc) is 3.58. The second kappa shape index (κ2) is 14.3. The molecule has 3 aliphatic rings. The van der Waals surface area contributed by atoms with Crippen molar-refractivity contribution in [3.8, 4) is 17.1 Å². The lowest BCUT2D eigenvalue weighted by Gasteiger charge is -2.37. The fraction of sp³-hybridized carbons (Fsp3) is 0.300. The van der Waals surface area contributed by atoms with Crippen LogP contribution in [0.4, 0.5) is 5.69 Å². The van der Waals surface area contributed by atoms with Crippen LogP contribution in [0.15, 0.2) is 93.0 Å².